The van der Waals surface area contributed by atoms with Gasteiger partial charge in [0.1, 0.15) is 11.4 Å². The van der Waals surface area contributed by atoms with E-state index in [2.05, 4.69) is 31.9 Å². The largest absolute Gasteiger partial charge is 0.448 e. The van der Waals surface area contributed by atoms with Gasteiger partial charge >= 0.3 is 12.1 Å². The summed E-state index contributed by atoms with van der Waals surface area (Å²) in [5.41, 5.74) is 0. The standard InChI is InChI=1S/C10H8Br2F3NO3S/c1-4(8(17)16-3-10(13,14)15)19-9(18)6-2-5(11)7(12)20-6/h2,4H,3H2,1H3,(H,16,17). The Morgan fingerprint density at radius 3 is 2.50 bits per heavy atom. The van der Waals surface area contributed by atoms with Gasteiger partial charge in [-0.15, -0.1) is 11.3 Å². The number of carbonyl (C=O) groups is 2. The van der Waals surface area contributed by atoms with Crippen molar-refractivity contribution in [2.45, 2.75) is 19.2 Å². The van der Waals surface area contributed by atoms with E-state index in [1.807, 2.05) is 0 Å². The molecule has 112 valence electrons. The van der Waals surface area contributed by atoms with Gasteiger partial charge in [-0.25, -0.2) is 4.79 Å². The van der Waals surface area contributed by atoms with Crippen molar-refractivity contribution < 1.29 is 27.5 Å². The number of rotatable bonds is 4. The van der Waals surface area contributed by atoms with Gasteiger partial charge in [0.15, 0.2) is 6.10 Å². The predicted molar refractivity (Wildman–Crippen MR) is 73.7 cm³/mol. The zero-order chi connectivity index (χ0) is 15.5. The molecule has 0 aliphatic carbocycles. The van der Waals surface area contributed by atoms with E-state index in [9.17, 15) is 22.8 Å². The minimum absolute atomic E-state index is 0.222. The maximum Gasteiger partial charge on any atom is 0.405 e. The van der Waals surface area contributed by atoms with Gasteiger partial charge in [-0.3, -0.25) is 4.79 Å². The molecule has 0 aliphatic heterocycles. The lowest BCUT2D eigenvalue weighted by Gasteiger charge is -2.13. The summed E-state index contributed by atoms with van der Waals surface area (Å²) >= 11 is 7.44. The lowest BCUT2D eigenvalue weighted by Crippen LogP contribution is -2.40. The number of amides is 1. The fourth-order valence-corrected chi connectivity index (χ4v) is 2.97. The Balaban J connectivity index is 2.55. The average molecular weight is 439 g/mol. The maximum atomic E-state index is 11.9. The Morgan fingerprint density at radius 1 is 1.45 bits per heavy atom. The number of carbonyl (C=O) groups excluding carboxylic acids is 2. The summed E-state index contributed by atoms with van der Waals surface area (Å²) < 4.78 is 41.9. The minimum Gasteiger partial charge on any atom is -0.448 e. The van der Waals surface area contributed by atoms with Gasteiger partial charge in [-0.2, -0.15) is 13.2 Å². The molecule has 0 spiro atoms. The van der Waals surface area contributed by atoms with Crippen LogP contribution in [0.25, 0.3) is 0 Å². The van der Waals surface area contributed by atoms with Crippen molar-refractivity contribution in [3.8, 4) is 0 Å². The van der Waals surface area contributed by atoms with E-state index in [1.54, 1.807) is 5.32 Å². The molecule has 1 aromatic rings. The summed E-state index contributed by atoms with van der Waals surface area (Å²) in [6.07, 6.45) is -5.83. The van der Waals surface area contributed by atoms with Gasteiger partial charge < -0.3 is 10.1 Å². The molecule has 0 saturated carbocycles. The third kappa shape index (κ3) is 5.41. The molecule has 1 aromatic heterocycles. The lowest BCUT2D eigenvalue weighted by atomic mass is 10.3. The topological polar surface area (TPSA) is 55.4 Å². The van der Waals surface area contributed by atoms with Gasteiger partial charge in [0.2, 0.25) is 0 Å². The Hall–Kier alpha value is -0.610. The SMILES string of the molecule is CC(OC(=O)c1cc(Br)c(Br)s1)C(=O)NCC(F)(F)F. The van der Waals surface area contributed by atoms with Crippen LogP contribution in [0.1, 0.15) is 16.6 Å². The van der Waals surface area contributed by atoms with Crippen molar-refractivity contribution in [2.24, 2.45) is 0 Å². The number of thiophene rings is 1. The Bertz CT molecular complexity index is 499. The molecular weight excluding hydrogens is 431 g/mol. The molecule has 0 bridgehead atoms. The first-order chi connectivity index (χ1) is 9.10. The van der Waals surface area contributed by atoms with Crippen molar-refractivity contribution >= 4 is 55.1 Å². The van der Waals surface area contributed by atoms with Crippen molar-refractivity contribution in [3.05, 3.63) is 19.2 Å². The van der Waals surface area contributed by atoms with Crippen molar-refractivity contribution in [2.75, 3.05) is 6.54 Å². The van der Waals surface area contributed by atoms with Crippen LogP contribution >= 0.6 is 43.2 Å². The Labute approximate surface area is 132 Å². The zero-order valence-electron chi connectivity index (χ0n) is 9.88. The Morgan fingerprint density at radius 2 is 2.05 bits per heavy atom. The molecule has 1 rings (SSSR count). The summed E-state index contributed by atoms with van der Waals surface area (Å²) in [6.45, 7) is -0.273. The van der Waals surface area contributed by atoms with Crippen LogP contribution in [0.2, 0.25) is 0 Å². The third-order valence-corrected chi connectivity index (χ3v) is 5.20. The molecule has 1 atom stereocenters. The quantitative estimate of drug-likeness (QED) is 0.732. The van der Waals surface area contributed by atoms with E-state index in [-0.39, 0.29) is 4.88 Å². The second-order valence-electron chi connectivity index (χ2n) is 3.61. The molecule has 0 saturated heterocycles. The van der Waals surface area contributed by atoms with Crippen molar-refractivity contribution in [1.82, 2.24) is 5.32 Å². The van der Waals surface area contributed by atoms with E-state index in [1.165, 1.54) is 13.0 Å². The van der Waals surface area contributed by atoms with E-state index in [4.69, 9.17) is 4.74 Å². The average Bonchev–Trinajstić information content (AvgIpc) is 2.65. The van der Waals surface area contributed by atoms with Crippen LogP contribution in [0.4, 0.5) is 13.2 Å². The molecule has 10 heteroatoms. The highest BCUT2D eigenvalue weighted by Gasteiger charge is 2.29. The third-order valence-electron chi connectivity index (χ3n) is 1.96. The lowest BCUT2D eigenvalue weighted by molar-refractivity contribution is -0.143. The van der Waals surface area contributed by atoms with E-state index < -0.39 is 30.7 Å². The molecule has 1 heterocycles. The number of hydrogen-bond acceptors (Lipinski definition) is 4. The number of esters is 1. The number of halogens is 5. The monoisotopic (exact) mass is 437 g/mol. The number of nitrogens with one attached hydrogen (secondary N) is 1. The molecule has 0 fully saturated rings. The van der Waals surface area contributed by atoms with E-state index in [0.29, 0.717) is 8.26 Å². The van der Waals surface area contributed by atoms with E-state index in [0.717, 1.165) is 11.3 Å². The normalized spacial score (nSPS) is 12.9. The molecule has 4 nitrogen and oxygen atoms in total. The molecule has 20 heavy (non-hydrogen) atoms. The number of ether oxygens (including phenoxy) is 1. The van der Waals surface area contributed by atoms with Crippen LogP contribution in [-0.2, 0) is 9.53 Å². The smallest absolute Gasteiger partial charge is 0.405 e. The van der Waals surface area contributed by atoms with Crippen LogP contribution < -0.4 is 5.32 Å². The zero-order valence-corrected chi connectivity index (χ0v) is 13.9. The van der Waals surface area contributed by atoms with Gasteiger partial charge in [-0.05, 0) is 44.8 Å². The van der Waals surface area contributed by atoms with Crippen LogP contribution in [0.3, 0.4) is 0 Å². The maximum absolute atomic E-state index is 11.9. The predicted octanol–water partition coefficient (Wildman–Crippen LogP) is 3.50. The first kappa shape index (κ1) is 17.4. The Kier molecular flexibility index (Phi) is 6.02. The molecular formula is C10H8Br2F3NO3S. The summed E-state index contributed by atoms with van der Waals surface area (Å²) in [4.78, 5) is 23.2. The highest BCUT2D eigenvalue weighted by Crippen LogP contribution is 2.32. The molecule has 0 aliphatic rings. The molecule has 1 amide bonds. The van der Waals surface area contributed by atoms with Gasteiger partial charge in [0.25, 0.3) is 5.91 Å². The summed E-state index contributed by atoms with van der Waals surface area (Å²) in [5, 5.41) is 1.64. The summed E-state index contributed by atoms with van der Waals surface area (Å²) in [5.74, 6) is -1.79. The van der Waals surface area contributed by atoms with Crippen LogP contribution in [0.15, 0.2) is 14.3 Å². The fraction of sp³-hybridized carbons (Fsp3) is 0.400. The fourth-order valence-electron chi connectivity index (χ4n) is 1.05. The minimum atomic E-state index is -4.51. The summed E-state index contributed by atoms with van der Waals surface area (Å²) in [6, 6.07) is 1.48. The second kappa shape index (κ2) is 6.90. The number of hydrogen-bond donors (Lipinski definition) is 1. The van der Waals surface area contributed by atoms with Crippen LogP contribution in [0, 0.1) is 0 Å². The molecule has 1 N–H and O–H groups in total. The van der Waals surface area contributed by atoms with Gasteiger partial charge in [0, 0.05) is 4.47 Å². The molecule has 1 unspecified atom stereocenters. The van der Waals surface area contributed by atoms with Crippen LogP contribution in [0.5, 0.6) is 0 Å². The highest BCUT2D eigenvalue weighted by atomic mass is 79.9. The van der Waals surface area contributed by atoms with Crippen LogP contribution in [-0.4, -0.2) is 30.7 Å². The van der Waals surface area contributed by atoms with Crippen molar-refractivity contribution in [3.63, 3.8) is 0 Å². The first-order valence-corrected chi connectivity index (χ1v) is 7.50. The van der Waals surface area contributed by atoms with Gasteiger partial charge in [-0.1, -0.05) is 0 Å². The van der Waals surface area contributed by atoms with Crippen molar-refractivity contribution in [1.29, 1.82) is 0 Å². The van der Waals surface area contributed by atoms with E-state index >= 15 is 0 Å². The number of alkyl halides is 3. The summed E-state index contributed by atoms with van der Waals surface area (Å²) in [7, 11) is 0. The second-order valence-corrected chi connectivity index (χ2v) is 6.84. The molecule has 0 radical (unpaired) electrons. The highest BCUT2D eigenvalue weighted by molar-refractivity contribution is 9.13. The molecule has 0 aromatic carbocycles. The first-order valence-electron chi connectivity index (χ1n) is 5.10. The van der Waals surface area contributed by atoms with Gasteiger partial charge in [0.05, 0.1) is 3.79 Å².